The zero-order valence-electron chi connectivity index (χ0n) is 18.8. The molecule has 1 amide bonds. The summed E-state index contributed by atoms with van der Waals surface area (Å²) in [4.78, 5) is 28.2. The van der Waals surface area contributed by atoms with Gasteiger partial charge in [-0.2, -0.15) is 0 Å². The van der Waals surface area contributed by atoms with E-state index in [-0.39, 0.29) is 24.6 Å². The Balaban J connectivity index is 1.88. The molecule has 8 nitrogen and oxygen atoms in total. The Kier molecular flexibility index (Phi) is 8.19. The number of hydrogen-bond acceptors (Lipinski definition) is 6. The second-order valence-electron chi connectivity index (χ2n) is 8.40. The van der Waals surface area contributed by atoms with Crippen LogP contribution < -0.4 is 21.5 Å². The number of hydrogen-bond donors (Lipinski definition) is 6. The van der Waals surface area contributed by atoms with Gasteiger partial charge in [0.1, 0.15) is 0 Å². The maximum atomic E-state index is 13.1. The van der Waals surface area contributed by atoms with Gasteiger partial charge < -0.3 is 31.5 Å². The first kappa shape index (κ1) is 23.7. The van der Waals surface area contributed by atoms with Crippen LogP contribution in [-0.2, 0) is 13.1 Å². The molecule has 0 unspecified atom stereocenters. The van der Waals surface area contributed by atoms with Crippen molar-refractivity contribution in [2.24, 2.45) is 0 Å². The number of aromatic nitrogens is 1. The molecule has 1 heterocycles. The van der Waals surface area contributed by atoms with E-state index < -0.39 is 0 Å². The van der Waals surface area contributed by atoms with E-state index >= 15 is 0 Å². The number of aromatic amines is 1. The number of rotatable bonds is 10. The highest BCUT2D eigenvalue weighted by atomic mass is 16.3. The highest BCUT2D eigenvalue weighted by Gasteiger charge is 2.20. The SMILES string of the molecule is Cc1cc(C)c(CNC(=O)c2cc(CNCCO)cc(NC3CCCC3)c2C=N)c(=O)[nH]1. The zero-order chi connectivity index (χ0) is 23.1. The Labute approximate surface area is 188 Å². The number of nitrogens with one attached hydrogen (secondary N) is 5. The Bertz CT molecular complexity index is 1030. The van der Waals surface area contributed by atoms with Gasteiger partial charge in [-0.25, -0.2) is 0 Å². The molecule has 1 fully saturated rings. The van der Waals surface area contributed by atoms with Gasteiger partial charge in [0.25, 0.3) is 11.5 Å². The van der Waals surface area contributed by atoms with Crippen molar-refractivity contribution < 1.29 is 9.90 Å². The summed E-state index contributed by atoms with van der Waals surface area (Å²) >= 11 is 0. The third kappa shape index (κ3) is 5.83. The molecular weight excluding hydrogens is 406 g/mol. The summed E-state index contributed by atoms with van der Waals surface area (Å²) in [5.74, 6) is -0.332. The van der Waals surface area contributed by atoms with Crippen molar-refractivity contribution >= 4 is 17.8 Å². The van der Waals surface area contributed by atoms with Crippen LogP contribution in [0.3, 0.4) is 0 Å². The molecule has 1 saturated carbocycles. The largest absolute Gasteiger partial charge is 0.395 e. The smallest absolute Gasteiger partial charge is 0.253 e. The number of carbonyl (C=O) groups is 1. The lowest BCUT2D eigenvalue weighted by molar-refractivity contribution is 0.0950. The molecule has 0 aliphatic heterocycles. The predicted octanol–water partition coefficient (Wildman–Crippen LogP) is 2.36. The molecule has 0 saturated heterocycles. The minimum absolute atomic E-state index is 0.0313. The molecular formula is C24H33N5O3. The van der Waals surface area contributed by atoms with Gasteiger partial charge in [-0.1, -0.05) is 12.8 Å². The minimum Gasteiger partial charge on any atom is -0.395 e. The van der Waals surface area contributed by atoms with Crippen molar-refractivity contribution in [3.8, 4) is 0 Å². The van der Waals surface area contributed by atoms with Crippen LogP contribution in [0.1, 0.15) is 64.0 Å². The van der Waals surface area contributed by atoms with Gasteiger partial charge in [0.15, 0.2) is 0 Å². The van der Waals surface area contributed by atoms with Gasteiger partial charge in [-0.3, -0.25) is 9.59 Å². The van der Waals surface area contributed by atoms with E-state index in [1.54, 1.807) is 6.07 Å². The van der Waals surface area contributed by atoms with E-state index in [0.29, 0.717) is 35.8 Å². The van der Waals surface area contributed by atoms with Crippen LogP contribution in [-0.4, -0.2) is 41.4 Å². The third-order valence-electron chi connectivity index (χ3n) is 5.88. The van der Waals surface area contributed by atoms with Gasteiger partial charge in [0, 0.05) is 54.4 Å². The zero-order valence-corrected chi connectivity index (χ0v) is 18.8. The summed E-state index contributed by atoms with van der Waals surface area (Å²) < 4.78 is 0. The Morgan fingerprint density at radius 3 is 2.62 bits per heavy atom. The monoisotopic (exact) mass is 439 g/mol. The van der Waals surface area contributed by atoms with E-state index in [0.717, 1.165) is 35.3 Å². The van der Waals surface area contributed by atoms with Crippen LogP contribution in [0.25, 0.3) is 0 Å². The van der Waals surface area contributed by atoms with Crippen LogP contribution >= 0.6 is 0 Å². The molecule has 2 aromatic rings. The maximum Gasteiger partial charge on any atom is 0.253 e. The number of anilines is 1. The molecule has 1 aliphatic rings. The predicted molar refractivity (Wildman–Crippen MR) is 127 cm³/mol. The average Bonchev–Trinajstić information content (AvgIpc) is 3.25. The van der Waals surface area contributed by atoms with Crippen molar-refractivity contribution in [1.29, 1.82) is 5.41 Å². The second kappa shape index (κ2) is 11.1. The molecule has 8 heteroatoms. The van der Waals surface area contributed by atoms with Crippen LogP contribution in [0.2, 0.25) is 0 Å². The number of aliphatic hydroxyl groups excluding tert-OH is 1. The Morgan fingerprint density at radius 1 is 1.22 bits per heavy atom. The molecule has 6 N–H and O–H groups in total. The lowest BCUT2D eigenvalue weighted by Gasteiger charge is -2.20. The van der Waals surface area contributed by atoms with Crippen LogP contribution in [0, 0.1) is 19.3 Å². The topological polar surface area (TPSA) is 130 Å². The first-order valence-electron chi connectivity index (χ1n) is 11.2. The molecule has 3 rings (SSSR count). The van der Waals surface area contributed by atoms with E-state index in [9.17, 15) is 9.59 Å². The molecule has 0 spiro atoms. The Hall–Kier alpha value is -2.97. The van der Waals surface area contributed by atoms with E-state index in [2.05, 4.69) is 20.9 Å². The average molecular weight is 440 g/mol. The molecule has 1 aliphatic carbocycles. The van der Waals surface area contributed by atoms with Crippen molar-refractivity contribution in [2.45, 2.75) is 58.7 Å². The first-order valence-corrected chi connectivity index (χ1v) is 11.2. The van der Waals surface area contributed by atoms with Crippen LogP contribution in [0.4, 0.5) is 5.69 Å². The molecule has 0 bridgehead atoms. The number of amides is 1. The fraction of sp³-hybridized carbons (Fsp3) is 0.458. The molecule has 172 valence electrons. The van der Waals surface area contributed by atoms with Crippen LogP contribution in [0.15, 0.2) is 23.0 Å². The minimum atomic E-state index is -0.332. The fourth-order valence-corrected chi connectivity index (χ4v) is 4.24. The molecule has 0 radical (unpaired) electrons. The quantitative estimate of drug-likeness (QED) is 0.250. The van der Waals surface area contributed by atoms with Crippen molar-refractivity contribution in [2.75, 3.05) is 18.5 Å². The van der Waals surface area contributed by atoms with Gasteiger partial charge >= 0.3 is 0 Å². The molecule has 0 atom stereocenters. The summed E-state index contributed by atoms with van der Waals surface area (Å²) in [6.45, 7) is 4.76. The van der Waals surface area contributed by atoms with Gasteiger partial charge in [-0.05, 0) is 56.0 Å². The lowest BCUT2D eigenvalue weighted by atomic mass is 10.00. The normalized spacial score (nSPS) is 13.8. The highest BCUT2D eigenvalue weighted by Crippen LogP contribution is 2.27. The summed E-state index contributed by atoms with van der Waals surface area (Å²) in [6, 6.07) is 5.95. The summed E-state index contributed by atoms with van der Waals surface area (Å²) in [5, 5.41) is 26.5. The number of H-pyrrole nitrogens is 1. The number of benzene rings is 1. The summed E-state index contributed by atoms with van der Waals surface area (Å²) in [7, 11) is 0. The summed E-state index contributed by atoms with van der Waals surface area (Å²) in [6.07, 6.45) is 5.70. The Morgan fingerprint density at radius 2 is 1.97 bits per heavy atom. The van der Waals surface area contributed by atoms with Gasteiger partial charge in [0.2, 0.25) is 0 Å². The molecule has 1 aromatic heterocycles. The number of aryl methyl sites for hydroxylation is 2. The maximum absolute atomic E-state index is 13.1. The number of aliphatic hydroxyl groups is 1. The number of carbonyl (C=O) groups excluding carboxylic acids is 1. The second-order valence-corrected chi connectivity index (χ2v) is 8.40. The van der Waals surface area contributed by atoms with Crippen LogP contribution in [0.5, 0.6) is 0 Å². The third-order valence-corrected chi connectivity index (χ3v) is 5.88. The van der Waals surface area contributed by atoms with Gasteiger partial charge in [-0.15, -0.1) is 0 Å². The molecule has 1 aromatic carbocycles. The van der Waals surface area contributed by atoms with E-state index in [4.69, 9.17) is 10.5 Å². The standard InChI is InChI=1S/C24H33N5O3/c1-15-9-16(2)28-24(32)21(15)14-27-23(31)19-10-17(13-26-7-8-30)11-22(20(19)12-25)29-18-5-3-4-6-18/h9-12,18,25-26,29-30H,3-8,13-14H2,1-2H3,(H,27,31)(H,28,32). The summed E-state index contributed by atoms with van der Waals surface area (Å²) in [5.41, 5.74) is 4.50. The van der Waals surface area contributed by atoms with Gasteiger partial charge in [0.05, 0.1) is 12.2 Å². The number of pyridine rings is 1. The van der Waals surface area contributed by atoms with E-state index in [1.807, 2.05) is 26.0 Å². The molecule has 32 heavy (non-hydrogen) atoms. The van der Waals surface area contributed by atoms with Crippen molar-refractivity contribution in [3.05, 3.63) is 62.1 Å². The lowest BCUT2D eigenvalue weighted by Crippen LogP contribution is -2.29. The highest BCUT2D eigenvalue weighted by molar-refractivity contribution is 6.05. The fourth-order valence-electron chi connectivity index (χ4n) is 4.24. The van der Waals surface area contributed by atoms with E-state index in [1.165, 1.54) is 19.1 Å². The van der Waals surface area contributed by atoms with Crippen molar-refractivity contribution in [3.63, 3.8) is 0 Å². The first-order chi connectivity index (χ1) is 15.4. The van der Waals surface area contributed by atoms with Crippen molar-refractivity contribution in [1.82, 2.24) is 15.6 Å².